The molecule has 0 aromatic heterocycles. The number of carbonyl (C=O) groups excluding carboxylic acids is 2. The largest absolute Gasteiger partial charge is 0.573 e. The number of benzene rings is 4. The summed E-state index contributed by atoms with van der Waals surface area (Å²) in [5, 5.41) is 2.48. The number of ether oxygens (including phenoxy) is 4. The second kappa shape index (κ2) is 14.8. The third kappa shape index (κ3) is 10.0. The number of hydrogen-bond acceptors (Lipinski definition) is 6. The van der Waals surface area contributed by atoms with Crippen LogP contribution in [0.3, 0.4) is 0 Å². The van der Waals surface area contributed by atoms with Crippen LogP contribution in [-0.2, 0) is 27.7 Å². The van der Waals surface area contributed by atoms with Gasteiger partial charge in [0, 0.05) is 12.0 Å². The fourth-order valence-electron chi connectivity index (χ4n) is 5.04. The molecule has 51 heavy (non-hydrogen) atoms. The minimum absolute atomic E-state index is 0.137. The molecular formula is C34H25F10NO6. The second-order valence-corrected chi connectivity index (χ2v) is 10.8. The van der Waals surface area contributed by atoms with E-state index in [0.29, 0.717) is 12.1 Å². The molecule has 4 aromatic rings. The monoisotopic (exact) mass is 733 g/mol. The van der Waals surface area contributed by atoms with Gasteiger partial charge in [0.05, 0.1) is 18.2 Å². The van der Waals surface area contributed by atoms with Crippen LogP contribution in [0, 0.1) is 5.82 Å². The number of amides is 1. The Balaban J connectivity index is 1.94. The summed E-state index contributed by atoms with van der Waals surface area (Å²) in [6.45, 7) is 1.39. The van der Waals surface area contributed by atoms with Crippen LogP contribution in [0.15, 0.2) is 91.0 Å². The first-order chi connectivity index (χ1) is 23.7. The van der Waals surface area contributed by atoms with Crippen LogP contribution in [0.4, 0.5) is 43.9 Å². The molecule has 272 valence electrons. The molecule has 4 aromatic carbocycles. The first-order valence-electron chi connectivity index (χ1n) is 14.4. The van der Waals surface area contributed by atoms with Crippen molar-refractivity contribution in [2.24, 2.45) is 0 Å². The summed E-state index contributed by atoms with van der Waals surface area (Å²) < 4.78 is 153. The molecule has 0 aliphatic carbocycles. The molecule has 0 spiro atoms. The lowest BCUT2D eigenvalue weighted by molar-refractivity contribution is -0.275. The van der Waals surface area contributed by atoms with Crippen molar-refractivity contribution < 1.29 is 72.4 Å². The fraction of sp³-hybridized carbons (Fsp3) is 0.235. The molecule has 0 saturated heterocycles. The summed E-state index contributed by atoms with van der Waals surface area (Å²) >= 11 is 0. The van der Waals surface area contributed by atoms with E-state index in [1.54, 1.807) is 0 Å². The number of esters is 1. The number of alkyl halides is 9. The van der Waals surface area contributed by atoms with Crippen LogP contribution >= 0.6 is 0 Å². The maximum absolute atomic E-state index is 14.1. The van der Waals surface area contributed by atoms with Gasteiger partial charge in [-0.05, 0) is 78.2 Å². The Morgan fingerprint density at radius 2 is 1.24 bits per heavy atom. The zero-order valence-corrected chi connectivity index (χ0v) is 26.2. The van der Waals surface area contributed by atoms with Crippen molar-refractivity contribution in [3.63, 3.8) is 0 Å². The molecule has 0 saturated carbocycles. The molecule has 0 aliphatic rings. The first-order valence-corrected chi connectivity index (χ1v) is 14.4. The Kier molecular flexibility index (Phi) is 11.1. The van der Waals surface area contributed by atoms with Gasteiger partial charge in [-0.15, -0.1) is 26.3 Å². The molecule has 0 aliphatic heterocycles. The van der Waals surface area contributed by atoms with Gasteiger partial charge in [0.25, 0.3) is 5.91 Å². The fourth-order valence-corrected chi connectivity index (χ4v) is 5.04. The predicted molar refractivity (Wildman–Crippen MR) is 158 cm³/mol. The summed E-state index contributed by atoms with van der Waals surface area (Å²) in [7, 11) is 1.14. The van der Waals surface area contributed by atoms with Crippen molar-refractivity contribution in [3.05, 3.63) is 125 Å². The van der Waals surface area contributed by atoms with Crippen molar-refractivity contribution in [2.75, 3.05) is 7.11 Å². The SMILES string of the molecule is COC(=O)C(C)Oc1ccc(CC(NC(=O)c2ccc(F)c(C(F)(F)F)c2)(c2cccc(OC(F)(F)F)c2)c2cccc(OC(F)(F)F)c2)cc1. The lowest BCUT2D eigenvalue weighted by Crippen LogP contribution is -2.48. The Hall–Kier alpha value is -5.48. The Morgan fingerprint density at radius 1 is 0.706 bits per heavy atom. The summed E-state index contributed by atoms with van der Waals surface area (Å²) in [5.74, 6) is -5.23. The standard InChI is InChI=1S/C34H25F10NO6/c1-19(30(47)48-2)49-24-12-9-20(10-13-24)18-31(22-5-3-7-25(16-22)50-33(39,40)41,23-6-4-8-26(17-23)51-34(42,43)44)45-29(46)21-11-14-28(35)27(15-21)32(36,37)38/h3-17,19H,18H2,1-2H3,(H,45,46). The van der Waals surface area contributed by atoms with Crippen molar-refractivity contribution in [1.82, 2.24) is 5.32 Å². The summed E-state index contributed by atoms with van der Waals surface area (Å²) in [5.41, 5.74) is -4.98. The average Bonchev–Trinajstić information content (AvgIpc) is 3.03. The van der Waals surface area contributed by atoms with E-state index in [1.165, 1.54) is 43.3 Å². The van der Waals surface area contributed by atoms with Gasteiger partial charge in [-0.3, -0.25) is 4.79 Å². The Bertz CT molecular complexity index is 1800. The number of methoxy groups -OCH3 is 1. The number of carbonyl (C=O) groups is 2. The molecule has 1 unspecified atom stereocenters. The topological polar surface area (TPSA) is 83.1 Å². The molecular weight excluding hydrogens is 708 g/mol. The molecule has 17 heteroatoms. The highest BCUT2D eigenvalue weighted by atomic mass is 19.4. The Morgan fingerprint density at radius 3 is 1.71 bits per heavy atom. The molecule has 1 amide bonds. The predicted octanol–water partition coefficient (Wildman–Crippen LogP) is 8.50. The van der Waals surface area contributed by atoms with Gasteiger partial charge in [-0.25, -0.2) is 9.18 Å². The van der Waals surface area contributed by atoms with Crippen LogP contribution in [0.25, 0.3) is 0 Å². The lowest BCUT2D eigenvalue weighted by Gasteiger charge is -2.37. The van der Waals surface area contributed by atoms with Crippen molar-refractivity contribution in [2.45, 2.75) is 43.9 Å². The Labute approximate surface area is 282 Å². The summed E-state index contributed by atoms with van der Waals surface area (Å²) in [6.07, 6.45) is -17.2. The van der Waals surface area contributed by atoms with Crippen molar-refractivity contribution in [1.29, 1.82) is 0 Å². The zero-order valence-electron chi connectivity index (χ0n) is 26.2. The van der Waals surface area contributed by atoms with Gasteiger partial charge in [-0.1, -0.05) is 36.4 Å². The van der Waals surface area contributed by atoms with Crippen molar-refractivity contribution in [3.8, 4) is 17.2 Å². The van der Waals surface area contributed by atoms with Crippen LogP contribution in [0.5, 0.6) is 17.2 Å². The molecule has 0 bridgehead atoms. The first kappa shape index (κ1) is 38.3. The molecule has 0 radical (unpaired) electrons. The highest BCUT2D eigenvalue weighted by Crippen LogP contribution is 2.39. The van der Waals surface area contributed by atoms with E-state index in [-0.39, 0.29) is 28.5 Å². The van der Waals surface area contributed by atoms with E-state index in [9.17, 15) is 53.5 Å². The molecule has 0 heterocycles. The van der Waals surface area contributed by atoms with Crippen LogP contribution in [0.1, 0.15) is 39.5 Å². The van der Waals surface area contributed by atoms with Gasteiger partial charge in [-0.2, -0.15) is 13.2 Å². The minimum Gasteiger partial charge on any atom is -0.479 e. The van der Waals surface area contributed by atoms with Gasteiger partial charge >= 0.3 is 24.9 Å². The number of nitrogens with one attached hydrogen (secondary N) is 1. The van der Waals surface area contributed by atoms with Gasteiger partial charge in [0.1, 0.15) is 23.1 Å². The maximum atomic E-state index is 14.1. The third-order valence-electron chi connectivity index (χ3n) is 7.22. The van der Waals surface area contributed by atoms with Crippen LogP contribution < -0.4 is 19.5 Å². The van der Waals surface area contributed by atoms with E-state index in [1.807, 2.05) is 0 Å². The molecule has 0 fully saturated rings. The van der Waals surface area contributed by atoms with Crippen molar-refractivity contribution >= 4 is 11.9 Å². The third-order valence-corrected chi connectivity index (χ3v) is 7.22. The lowest BCUT2D eigenvalue weighted by atomic mass is 9.77. The minimum atomic E-state index is -5.24. The van der Waals surface area contributed by atoms with E-state index in [0.717, 1.165) is 43.5 Å². The summed E-state index contributed by atoms with van der Waals surface area (Å²) in [4.78, 5) is 25.6. The maximum Gasteiger partial charge on any atom is 0.573 e. The van der Waals surface area contributed by atoms with Crippen LogP contribution in [0.2, 0.25) is 0 Å². The van der Waals surface area contributed by atoms with Gasteiger partial charge in [0.2, 0.25) is 0 Å². The van der Waals surface area contributed by atoms with E-state index < -0.39 is 77.3 Å². The average molecular weight is 734 g/mol. The summed E-state index contributed by atoms with van der Waals surface area (Å²) in [6, 6.07) is 14.8. The van der Waals surface area contributed by atoms with E-state index in [2.05, 4.69) is 19.5 Å². The van der Waals surface area contributed by atoms with Crippen LogP contribution in [-0.4, -0.2) is 37.8 Å². The van der Waals surface area contributed by atoms with E-state index >= 15 is 0 Å². The van der Waals surface area contributed by atoms with E-state index in [4.69, 9.17) is 4.74 Å². The molecule has 7 nitrogen and oxygen atoms in total. The normalized spacial score (nSPS) is 12.9. The molecule has 1 N–H and O–H groups in total. The van der Waals surface area contributed by atoms with Gasteiger partial charge < -0.3 is 24.3 Å². The molecule has 1 atom stereocenters. The number of halogens is 10. The quantitative estimate of drug-likeness (QED) is 0.123. The zero-order chi connectivity index (χ0) is 37.8. The second-order valence-electron chi connectivity index (χ2n) is 10.8. The molecule has 4 rings (SSSR count). The highest BCUT2D eigenvalue weighted by molar-refractivity contribution is 5.95. The number of rotatable bonds is 11. The highest BCUT2D eigenvalue weighted by Gasteiger charge is 2.41. The smallest absolute Gasteiger partial charge is 0.479 e. The number of hydrogen-bond donors (Lipinski definition) is 1. The van der Waals surface area contributed by atoms with Gasteiger partial charge in [0.15, 0.2) is 6.10 Å².